The van der Waals surface area contributed by atoms with E-state index in [2.05, 4.69) is 27.1 Å². The van der Waals surface area contributed by atoms with Crippen LogP contribution >= 0.6 is 0 Å². The second-order valence-electron chi connectivity index (χ2n) is 6.98. The van der Waals surface area contributed by atoms with Crippen LogP contribution in [0.5, 0.6) is 0 Å². The first-order chi connectivity index (χ1) is 12.7. The Morgan fingerprint density at radius 3 is 2.88 bits per heavy atom. The molecule has 1 fully saturated rings. The molecule has 26 heavy (non-hydrogen) atoms. The van der Waals surface area contributed by atoms with Gasteiger partial charge < -0.3 is 15.0 Å². The molecule has 0 spiro atoms. The molecule has 4 rings (SSSR count). The summed E-state index contributed by atoms with van der Waals surface area (Å²) in [5.41, 5.74) is 2.57. The van der Waals surface area contributed by atoms with Crippen LogP contribution in [0.4, 0.5) is 5.82 Å². The Labute approximate surface area is 153 Å². The largest absolute Gasteiger partial charge is 0.452 e. The molecule has 1 aromatic carbocycles. The Hall–Kier alpha value is -2.47. The molecule has 0 bridgehead atoms. The van der Waals surface area contributed by atoms with E-state index in [1.54, 1.807) is 18.5 Å². The van der Waals surface area contributed by atoms with Crippen molar-refractivity contribution < 1.29 is 9.53 Å². The molecule has 1 aliphatic carbocycles. The summed E-state index contributed by atoms with van der Waals surface area (Å²) >= 11 is 0. The van der Waals surface area contributed by atoms with Gasteiger partial charge in [-0.25, -0.2) is 14.8 Å². The average molecular weight is 352 g/mol. The SMILES string of the molecule is C[C@@H]1C[C@@H](OC(=O)c2ccccc2)c2ncnc(N3CCCNCC3)c21. The highest BCUT2D eigenvalue weighted by molar-refractivity contribution is 5.89. The summed E-state index contributed by atoms with van der Waals surface area (Å²) in [6.07, 6.45) is 3.15. The van der Waals surface area contributed by atoms with E-state index in [-0.39, 0.29) is 18.0 Å². The maximum atomic E-state index is 12.5. The maximum Gasteiger partial charge on any atom is 0.338 e. The van der Waals surface area contributed by atoms with Gasteiger partial charge >= 0.3 is 5.97 Å². The van der Waals surface area contributed by atoms with E-state index in [1.807, 2.05) is 18.2 Å². The minimum Gasteiger partial charge on any atom is -0.452 e. The lowest BCUT2D eigenvalue weighted by atomic mass is 10.1. The van der Waals surface area contributed by atoms with Gasteiger partial charge in [0.25, 0.3) is 0 Å². The van der Waals surface area contributed by atoms with Gasteiger partial charge in [0, 0.05) is 25.2 Å². The molecule has 1 aromatic heterocycles. The van der Waals surface area contributed by atoms with Crippen molar-refractivity contribution >= 4 is 11.8 Å². The van der Waals surface area contributed by atoms with Gasteiger partial charge in [-0.05, 0) is 37.4 Å². The monoisotopic (exact) mass is 352 g/mol. The Morgan fingerprint density at radius 2 is 2.04 bits per heavy atom. The minimum absolute atomic E-state index is 0.269. The molecule has 1 aliphatic heterocycles. The Kier molecular flexibility index (Phi) is 4.84. The molecule has 2 heterocycles. The molecule has 1 saturated heterocycles. The number of carbonyl (C=O) groups is 1. The van der Waals surface area contributed by atoms with E-state index >= 15 is 0 Å². The van der Waals surface area contributed by atoms with Crippen molar-refractivity contribution in [2.24, 2.45) is 0 Å². The lowest BCUT2D eigenvalue weighted by molar-refractivity contribution is 0.0284. The lowest BCUT2D eigenvalue weighted by Crippen LogP contribution is -2.30. The predicted octanol–water partition coefficient (Wildman–Crippen LogP) is 2.68. The zero-order valence-electron chi connectivity index (χ0n) is 15.0. The van der Waals surface area contributed by atoms with Gasteiger partial charge in [0.15, 0.2) is 0 Å². The minimum atomic E-state index is -0.306. The third kappa shape index (κ3) is 3.29. The zero-order valence-corrected chi connectivity index (χ0v) is 15.0. The van der Waals surface area contributed by atoms with Gasteiger partial charge in [0.2, 0.25) is 0 Å². The number of esters is 1. The standard InChI is InChI=1S/C20H24N4O2/c1-14-12-16(26-20(25)15-6-3-2-4-7-15)18-17(14)19(23-13-22-18)24-10-5-8-21-9-11-24/h2-4,6-7,13-14,16,21H,5,8-12H2,1H3/t14-,16-/m1/s1. The number of aromatic nitrogens is 2. The number of carbonyl (C=O) groups excluding carboxylic acids is 1. The van der Waals surface area contributed by atoms with Crippen molar-refractivity contribution in [2.75, 3.05) is 31.1 Å². The molecule has 0 unspecified atom stereocenters. The number of hydrogen-bond acceptors (Lipinski definition) is 6. The number of benzene rings is 1. The second kappa shape index (κ2) is 7.41. The Morgan fingerprint density at radius 1 is 1.19 bits per heavy atom. The quantitative estimate of drug-likeness (QED) is 0.857. The van der Waals surface area contributed by atoms with Crippen molar-refractivity contribution in [1.29, 1.82) is 0 Å². The number of anilines is 1. The van der Waals surface area contributed by atoms with Crippen molar-refractivity contribution in [1.82, 2.24) is 15.3 Å². The van der Waals surface area contributed by atoms with E-state index in [1.165, 1.54) is 0 Å². The summed E-state index contributed by atoms with van der Waals surface area (Å²) in [5.74, 6) is 0.977. The molecule has 6 heteroatoms. The van der Waals surface area contributed by atoms with Gasteiger partial charge in [-0.2, -0.15) is 0 Å². The molecular weight excluding hydrogens is 328 g/mol. The highest BCUT2D eigenvalue weighted by Gasteiger charge is 2.36. The lowest BCUT2D eigenvalue weighted by Gasteiger charge is -2.24. The summed E-state index contributed by atoms with van der Waals surface area (Å²) in [6.45, 7) is 6.08. The molecule has 0 radical (unpaired) electrons. The van der Waals surface area contributed by atoms with Crippen molar-refractivity contribution in [3.05, 3.63) is 53.5 Å². The number of hydrogen-bond donors (Lipinski definition) is 1. The summed E-state index contributed by atoms with van der Waals surface area (Å²) in [7, 11) is 0. The first-order valence-electron chi connectivity index (χ1n) is 9.30. The highest BCUT2D eigenvalue weighted by atomic mass is 16.5. The Balaban J connectivity index is 1.59. The number of fused-ring (bicyclic) bond motifs is 1. The average Bonchev–Trinajstić information content (AvgIpc) is 2.86. The van der Waals surface area contributed by atoms with Crippen LogP contribution in [0.15, 0.2) is 36.7 Å². The van der Waals surface area contributed by atoms with Crippen molar-refractivity contribution in [3.63, 3.8) is 0 Å². The molecule has 136 valence electrons. The van der Waals surface area contributed by atoms with E-state index in [0.717, 1.165) is 56.1 Å². The molecule has 1 N–H and O–H groups in total. The first-order valence-corrected chi connectivity index (χ1v) is 9.30. The van der Waals surface area contributed by atoms with Crippen LogP contribution in [0.2, 0.25) is 0 Å². The van der Waals surface area contributed by atoms with E-state index in [0.29, 0.717) is 5.56 Å². The van der Waals surface area contributed by atoms with Crippen LogP contribution in [0.25, 0.3) is 0 Å². The maximum absolute atomic E-state index is 12.5. The molecule has 0 amide bonds. The number of rotatable bonds is 3. The molecule has 2 aromatic rings. The van der Waals surface area contributed by atoms with E-state index < -0.39 is 0 Å². The van der Waals surface area contributed by atoms with Gasteiger partial charge in [0.05, 0.1) is 11.3 Å². The van der Waals surface area contributed by atoms with Crippen LogP contribution in [0.3, 0.4) is 0 Å². The molecular formula is C20H24N4O2. The summed E-state index contributed by atoms with van der Waals surface area (Å²) in [4.78, 5) is 23.9. The zero-order chi connectivity index (χ0) is 17.9. The molecule has 2 aliphatic rings. The smallest absolute Gasteiger partial charge is 0.338 e. The Bertz CT molecular complexity index is 773. The number of nitrogens with one attached hydrogen (secondary N) is 1. The summed E-state index contributed by atoms with van der Waals surface area (Å²) in [6, 6.07) is 9.12. The van der Waals surface area contributed by atoms with Crippen LogP contribution < -0.4 is 10.2 Å². The van der Waals surface area contributed by atoms with E-state index in [9.17, 15) is 4.79 Å². The third-order valence-electron chi connectivity index (χ3n) is 5.16. The highest BCUT2D eigenvalue weighted by Crippen LogP contribution is 2.44. The van der Waals surface area contributed by atoms with Gasteiger partial charge in [0.1, 0.15) is 18.2 Å². The molecule has 2 atom stereocenters. The van der Waals surface area contributed by atoms with Crippen molar-refractivity contribution in [2.45, 2.75) is 31.8 Å². The van der Waals surface area contributed by atoms with Crippen LogP contribution in [0, 0.1) is 0 Å². The van der Waals surface area contributed by atoms with E-state index in [4.69, 9.17) is 4.74 Å². The topological polar surface area (TPSA) is 67.3 Å². The summed E-state index contributed by atoms with van der Waals surface area (Å²) in [5, 5.41) is 3.42. The van der Waals surface area contributed by atoms with Crippen molar-refractivity contribution in [3.8, 4) is 0 Å². The van der Waals surface area contributed by atoms with Crippen LogP contribution in [-0.2, 0) is 4.74 Å². The van der Waals surface area contributed by atoms with Gasteiger partial charge in [-0.1, -0.05) is 25.1 Å². The van der Waals surface area contributed by atoms with Gasteiger partial charge in [-0.15, -0.1) is 0 Å². The fraction of sp³-hybridized carbons (Fsp3) is 0.450. The summed E-state index contributed by atoms with van der Waals surface area (Å²) < 4.78 is 5.80. The van der Waals surface area contributed by atoms with Crippen LogP contribution in [-0.4, -0.2) is 42.1 Å². The second-order valence-corrected chi connectivity index (χ2v) is 6.98. The molecule has 0 saturated carbocycles. The van der Waals surface area contributed by atoms with Gasteiger partial charge in [-0.3, -0.25) is 0 Å². The third-order valence-corrected chi connectivity index (χ3v) is 5.16. The normalized spacial score (nSPS) is 22.6. The first kappa shape index (κ1) is 17.0. The number of ether oxygens (including phenoxy) is 1. The van der Waals surface area contributed by atoms with Crippen LogP contribution in [0.1, 0.15) is 53.4 Å². The number of nitrogens with zero attached hydrogens (tertiary/aromatic N) is 3. The molecule has 6 nitrogen and oxygen atoms in total. The fourth-order valence-corrected chi connectivity index (χ4v) is 3.86. The predicted molar refractivity (Wildman–Crippen MR) is 99.4 cm³/mol. The fourth-order valence-electron chi connectivity index (χ4n) is 3.86.